The van der Waals surface area contributed by atoms with Crippen molar-refractivity contribution in [3.05, 3.63) is 70.7 Å². The number of ether oxygens (including phenoxy) is 2. The molecule has 174 valence electrons. The van der Waals surface area contributed by atoms with Crippen molar-refractivity contribution >= 4 is 34.4 Å². The molecule has 0 bridgehead atoms. The minimum atomic E-state index is -1.05. The number of fused-ring (bicyclic) bond motifs is 3. The zero-order valence-corrected chi connectivity index (χ0v) is 18.8. The summed E-state index contributed by atoms with van der Waals surface area (Å²) in [5.41, 5.74) is 4.75. The second kappa shape index (κ2) is 9.24. The zero-order chi connectivity index (χ0) is 23.7. The summed E-state index contributed by atoms with van der Waals surface area (Å²) in [5, 5.41) is 13.1. The molecule has 0 saturated carbocycles. The Balaban J connectivity index is 1.15. The van der Waals surface area contributed by atoms with Crippen LogP contribution in [0.4, 0.5) is 9.93 Å². The zero-order valence-electron chi connectivity index (χ0n) is 18.0. The number of carbonyl (C=O) groups excluding carboxylic acids is 2. The molecule has 0 radical (unpaired) electrons. The van der Waals surface area contributed by atoms with Crippen LogP contribution < -0.4 is 5.32 Å². The van der Waals surface area contributed by atoms with Crippen LogP contribution in [0.15, 0.2) is 53.9 Å². The molecule has 1 aliphatic heterocycles. The molecule has 1 aromatic heterocycles. The fraction of sp³-hybridized carbons (Fsp3) is 0.250. The third kappa shape index (κ3) is 4.37. The first-order valence-electron chi connectivity index (χ1n) is 10.7. The number of thiazole rings is 1. The number of carbonyl (C=O) groups is 3. The van der Waals surface area contributed by atoms with Crippen molar-refractivity contribution in [2.24, 2.45) is 0 Å². The lowest BCUT2D eigenvalue weighted by molar-refractivity contribution is -0.147. The van der Waals surface area contributed by atoms with Gasteiger partial charge in [0, 0.05) is 24.4 Å². The maximum Gasteiger partial charge on any atom is 0.413 e. The number of aliphatic carboxylic acids is 1. The number of likely N-dealkylation sites (tertiary alicyclic amines) is 1. The number of hydrogen-bond donors (Lipinski definition) is 2. The van der Waals surface area contributed by atoms with Crippen molar-refractivity contribution in [2.75, 3.05) is 31.6 Å². The van der Waals surface area contributed by atoms with Gasteiger partial charge in [-0.3, -0.25) is 10.1 Å². The van der Waals surface area contributed by atoms with Gasteiger partial charge in [-0.05, 0) is 22.3 Å². The van der Waals surface area contributed by atoms with Crippen LogP contribution in [0.1, 0.15) is 27.5 Å². The summed E-state index contributed by atoms with van der Waals surface area (Å²) in [5.74, 6) is -1.39. The van der Waals surface area contributed by atoms with Gasteiger partial charge in [0.05, 0.1) is 6.10 Å². The predicted octanol–water partition coefficient (Wildman–Crippen LogP) is 3.43. The fourth-order valence-corrected chi connectivity index (χ4v) is 4.88. The van der Waals surface area contributed by atoms with Gasteiger partial charge in [0.2, 0.25) is 0 Å². The topological polar surface area (TPSA) is 118 Å². The van der Waals surface area contributed by atoms with E-state index in [0.717, 1.165) is 33.6 Å². The second-order valence-electron chi connectivity index (χ2n) is 8.03. The van der Waals surface area contributed by atoms with E-state index in [-0.39, 0.29) is 35.4 Å². The Morgan fingerprint density at radius 2 is 1.71 bits per heavy atom. The van der Waals surface area contributed by atoms with Gasteiger partial charge in [-0.15, -0.1) is 11.3 Å². The van der Waals surface area contributed by atoms with E-state index in [4.69, 9.17) is 14.6 Å². The molecule has 0 spiro atoms. The van der Waals surface area contributed by atoms with Crippen LogP contribution >= 0.6 is 11.3 Å². The van der Waals surface area contributed by atoms with Gasteiger partial charge in [-0.2, -0.15) is 0 Å². The quantitative estimate of drug-likeness (QED) is 0.533. The van der Waals surface area contributed by atoms with Crippen molar-refractivity contribution in [3.63, 3.8) is 0 Å². The molecule has 0 unspecified atom stereocenters. The molecule has 1 aliphatic carbocycles. The van der Waals surface area contributed by atoms with Gasteiger partial charge in [0.15, 0.2) is 5.13 Å². The van der Waals surface area contributed by atoms with Crippen LogP contribution in [0.2, 0.25) is 0 Å². The Bertz CT molecular complexity index is 1210. The number of anilines is 1. The lowest BCUT2D eigenvalue weighted by Gasteiger charge is -2.38. The van der Waals surface area contributed by atoms with Crippen LogP contribution in [-0.2, 0) is 14.3 Å². The van der Waals surface area contributed by atoms with Crippen LogP contribution in [-0.4, -0.2) is 65.4 Å². The maximum absolute atomic E-state index is 12.5. The van der Waals surface area contributed by atoms with E-state index in [0.29, 0.717) is 13.1 Å². The minimum Gasteiger partial charge on any atom is -0.480 e. The van der Waals surface area contributed by atoms with Gasteiger partial charge in [-0.1, -0.05) is 48.5 Å². The number of amides is 2. The largest absolute Gasteiger partial charge is 0.480 e. The highest BCUT2D eigenvalue weighted by Crippen LogP contribution is 2.44. The van der Waals surface area contributed by atoms with Gasteiger partial charge in [-0.25, -0.2) is 14.6 Å². The predicted molar refractivity (Wildman–Crippen MR) is 124 cm³/mol. The molecule has 34 heavy (non-hydrogen) atoms. The van der Waals surface area contributed by atoms with E-state index in [9.17, 15) is 14.4 Å². The summed E-state index contributed by atoms with van der Waals surface area (Å²) in [6.45, 7) is 0.400. The molecule has 0 atom stereocenters. The van der Waals surface area contributed by atoms with Crippen molar-refractivity contribution in [1.29, 1.82) is 0 Å². The van der Waals surface area contributed by atoms with Crippen LogP contribution in [0, 0.1) is 0 Å². The van der Waals surface area contributed by atoms with E-state index in [1.807, 2.05) is 36.4 Å². The molecular formula is C24H21N3O6S. The molecular weight excluding hydrogens is 458 g/mol. The monoisotopic (exact) mass is 479 g/mol. The smallest absolute Gasteiger partial charge is 0.413 e. The number of rotatable bonds is 7. The maximum atomic E-state index is 12.5. The lowest BCUT2D eigenvalue weighted by atomic mass is 9.98. The molecule has 2 heterocycles. The van der Waals surface area contributed by atoms with E-state index in [1.165, 1.54) is 4.90 Å². The molecule has 5 rings (SSSR count). The Kier molecular flexibility index (Phi) is 5.99. The average Bonchev–Trinajstić information content (AvgIpc) is 3.39. The number of benzene rings is 2. The standard InChI is InChI=1S/C24H21N3O6S/c28-21(29)12-32-14-9-27(10-14)22(30)20-13-34-23(25-20)26-24(31)33-11-19-17-7-3-1-5-15(17)16-6-2-4-8-18(16)19/h1-8,13-14,19H,9-12H2,(H,28,29)(H,25,26,31). The Morgan fingerprint density at radius 1 is 1.06 bits per heavy atom. The van der Waals surface area contributed by atoms with Crippen molar-refractivity contribution < 1.29 is 29.0 Å². The van der Waals surface area contributed by atoms with E-state index >= 15 is 0 Å². The van der Waals surface area contributed by atoms with E-state index in [1.54, 1.807) is 5.38 Å². The molecule has 2 aliphatic rings. The van der Waals surface area contributed by atoms with Crippen molar-refractivity contribution in [2.45, 2.75) is 12.0 Å². The average molecular weight is 480 g/mol. The number of carboxylic acid groups (broad SMARTS) is 1. The Hall–Kier alpha value is -3.76. The van der Waals surface area contributed by atoms with E-state index in [2.05, 4.69) is 22.4 Å². The Labute approximate surface area is 198 Å². The Morgan fingerprint density at radius 3 is 2.35 bits per heavy atom. The van der Waals surface area contributed by atoms with Gasteiger partial charge in [0.1, 0.15) is 18.9 Å². The van der Waals surface area contributed by atoms with Gasteiger partial charge in [0.25, 0.3) is 5.91 Å². The van der Waals surface area contributed by atoms with E-state index < -0.39 is 18.7 Å². The van der Waals surface area contributed by atoms with Crippen LogP contribution in [0.5, 0.6) is 0 Å². The highest BCUT2D eigenvalue weighted by molar-refractivity contribution is 7.14. The fourth-order valence-electron chi connectivity index (χ4n) is 4.21. The first-order chi connectivity index (χ1) is 16.5. The highest BCUT2D eigenvalue weighted by atomic mass is 32.1. The summed E-state index contributed by atoms with van der Waals surface area (Å²) >= 11 is 1.13. The lowest BCUT2D eigenvalue weighted by Crippen LogP contribution is -2.55. The minimum absolute atomic E-state index is 0.0470. The first kappa shape index (κ1) is 22.1. The number of nitrogens with one attached hydrogen (secondary N) is 1. The molecule has 3 aromatic rings. The molecule has 10 heteroatoms. The molecule has 1 fully saturated rings. The number of nitrogens with zero attached hydrogens (tertiary/aromatic N) is 2. The summed E-state index contributed by atoms with van der Waals surface area (Å²) in [4.78, 5) is 41.2. The summed E-state index contributed by atoms with van der Waals surface area (Å²) in [6, 6.07) is 16.2. The molecule has 2 amide bonds. The number of aromatic nitrogens is 1. The molecule has 1 saturated heterocycles. The SMILES string of the molecule is O=C(O)COC1CN(C(=O)c2csc(NC(=O)OCC3c4ccccc4-c4ccccc43)n2)C1. The first-order valence-corrected chi connectivity index (χ1v) is 11.6. The summed E-state index contributed by atoms with van der Waals surface area (Å²) in [7, 11) is 0. The number of carboxylic acids is 1. The summed E-state index contributed by atoms with van der Waals surface area (Å²) < 4.78 is 10.7. The van der Waals surface area contributed by atoms with Gasteiger partial charge < -0.3 is 19.5 Å². The van der Waals surface area contributed by atoms with Gasteiger partial charge >= 0.3 is 12.1 Å². The summed E-state index contributed by atoms with van der Waals surface area (Å²) in [6.07, 6.45) is -0.932. The van der Waals surface area contributed by atoms with Crippen molar-refractivity contribution in [1.82, 2.24) is 9.88 Å². The molecule has 2 N–H and O–H groups in total. The van der Waals surface area contributed by atoms with Crippen LogP contribution in [0.3, 0.4) is 0 Å². The molecule has 9 nitrogen and oxygen atoms in total. The normalized spacial score (nSPS) is 14.8. The van der Waals surface area contributed by atoms with Crippen LogP contribution in [0.25, 0.3) is 11.1 Å². The second-order valence-corrected chi connectivity index (χ2v) is 8.88. The molecule has 2 aromatic carbocycles. The van der Waals surface area contributed by atoms with Crippen molar-refractivity contribution in [3.8, 4) is 11.1 Å². The highest BCUT2D eigenvalue weighted by Gasteiger charge is 2.33. The number of hydrogen-bond acceptors (Lipinski definition) is 7. The third-order valence-electron chi connectivity index (χ3n) is 5.85. The third-order valence-corrected chi connectivity index (χ3v) is 6.61.